The maximum Gasteiger partial charge on any atom is 0.417 e. The van der Waals surface area contributed by atoms with Crippen molar-refractivity contribution in [2.45, 2.75) is 104 Å². The Balaban J connectivity index is 1.59. The Morgan fingerprint density at radius 2 is 1.55 bits per heavy atom. The highest BCUT2D eigenvalue weighted by Crippen LogP contribution is 2.39. The molecule has 0 aliphatic heterocycles. The molecule has 0 bridgehead atoms. The minimum atomic E-state index is -4.60. The van der Waals surface area contributed by atoms with Crippen LogP contribution in [0.15, 0.2) is 23.0 Å². The molecule has 2 aromatic heterocycles. The number of aromatic nitrogens is 2. The molecule has 0 amide bonds. The standard InChI is InChI=1S/C30H44F3N3O2/c1-4-6-12-17-35(21-37)18-13-10-8-7-9-11-14-19-36-25(5-2)22(3)28-26(36)16-15-24-29(28)23(30(31,32)33)20-27(38)34-24/h15-16,20,37H,4-14,17-19,21H2,1-3H3,(H,34,38). The van der Waals surface area contributed by atoms with Crippen molar-refractivity contribution in [1.29, 1.82) is 0 Å². The lowest BCUT2D eigenvalue weighted by Crippen LogP contribution is -2.27. The molecule has 2 heterocycles. The van der Waals surface area contributed by atoms with E-state index in [0.717, 1.165) is 74.9 Å². The molecule has 5 nitrogen and oxygen atoms in total. The summed E-state index contributed by atoms with van der Waals surface area (Å²) < 4.78 is 43.9. The Hall–Kier alpha value is -2.32. The minimum absolute atomic E-state index is 0.0886. The summed E-state index contributed by atoms with van der Waals surface area (Å²) in [5.41, 5.74) is 1.33. The van der Waals surface area contributed by atoms with Gasteiger partial charge in [0.25, 0.3) is 0 Å². The quantitative estimate of drug-likeness (QED) is 0.147. The van der Waals surface area contributed by atoms with Gasteiger partial charge in [-0.05, 0) is 50.3 Å². The molecule has 3 aromatic rings. The predicted octanol–water partition coefficient (Wildman–Crippen LogP) is 7.55. The summed E-state index contributed by atoms with van der Waals surface area (Å²) in [5.74, 6) is 0. The van der Waals surface area contributed by atoms with Gasteiger partial charge in [-0.15, -0.1) is 0 Å². The zero-order valence-electron chi connectivity index (χ0n) is 23.2. The summed E-state index contributed by atoms with van der Waals surface area (Å²) in [6.45, 7) is 8.96. The number of aliphatic hydroxyl groups is 1. The molecule has 38 heavy (non-hydrogen) atoms. The van der Waals surface area contributed by atoms with Crippen LogP contribution in [0.2, 0.25) is 0 Å². The Labute approximate surface area is 224 Å². The van der Waals surface area contributed by atoms with E-state index < -0.39 is 17.3 Å². The fraction of sp³-hybridized carbons (Fsp3) is 0.633. The smallest absolute Gasteiger partial charge is 0.381 e. The summed E-state index contributed by atoms with van der Waals surface area (Å²) in [6.07, 6.45) is 7.51. The topological polar surface area (TPSA) is 61.3 Å². The number of pyridine rings is 1. The number of rotatable bonds is 16. The van der Waals surface area contributed by atoms with Gasteiger partial charge in [0, 0.05) is 53.2 Å². The molecule has 212 valence electrons. The molecule has 0 atom stereocenters. The van der Waals surface area contributed by atoms with Crippen LogP contribution in [-0.4, -0.2) is 39.4 Å². The Morgan fingerprint density at radius 3 is 2.16 bits per heavy atom. The molecule has 8 heteroatoms. The van der Waals surface area contributed by atoms with Gasteiger partial charge in [0.05, 0.1) is 12.3 Å². The van der Waals surface area contributed by atoms with E-state index in [1.54, 1.807) is 6.07 Å². The second-order valence-corrected chi connectivity index (χ2v) is 10.4. The van der Waals surface area contributed by atoms with Crippen molar-refractivity contribution in [3.05, 3.63) is 45.4 Å². The zero-order valence-corrected chi connectivity index (χ0v) is 23.2. The van der Waals surface area contributed by atoms with Crippen molar-refractivity contribution < 1.29 is 18.3 Å². The number of H-pyrrole nitrogens is 1. The lowest BCUT2D eigenvalue weighted by atomic mass is 10.0. The number of nitrogens with zero attached hydrogens (tertiary/aromatic N) is 2. The second-order valence-electron chi connectivity index (χ2n) is 10.4. The fourth-order valence-corrected chi connectivity index (χ4v) is 5.71. The number of alkyl halides is 3. The maximum absolute atomic E-state index is 13.9. The number of nitrogens with one attached hydrogen (secondary N) is 1. The Morgan fingerprint density at radius 1 is 0.921 bits per heavy atom. The molecule has 0 fully saturated rings. The highest BCUT2D eigenvalue weighted by Gasteiger charge is 2.34. The van der Waals surface area contributed by atoms with Crippen LogP contribution < -0.4 is 5.56 Å². The number of unbranched alkanes of at least 4 members (excludes halogenated alkanes) is 8. The average molecular weight is 536 g/mol. The first-order valence-corrected chi connectivity index (χ1v) is 14.3. The normalized spacial score (nSPS) is 12.4. The van der Waals surface area contributed by atoms with E-state index in [1.807, 2.05) is 19.9 Å². The monoisotopic (exact) mass is 535 g/mol. The van der Waals surface area contributed by atoms with Gasteiger partial charge >= 0.3 is 6.18 Å². The van der Waals surface area contributed by atoms with E-state index >= 15 is 0 Å². The predicted molar refractivity (Wildman–Crippen MR) is 150 cm³/mol. The molecule has 0 aliphatic rings. The van der Waals surface area contributed by atoms with E-state index in [0.29, 0.717) is 11.5 Å². The van der Waals surface area contributed by atoms with E-state index in [1.165, 1.54) is 32.1 Å². The summed E-state index contributed by atoms with van der Waals surface area (Å²) >= 11 is 0. The molecule has 0 aliphatic carbocycles. The van der Waals surface area contributed by atoms with Gasteiger partial charge in [-0.1, -0.05) is 58.8 Å². The van der Waals surface area contributed by atoms with Crippen LogP contribution in [0.5, 0.6) is 0 Å². The van der Waals surface area contributed by atoms with Crippen molar-refractivity contribution in [2.24, 2.45) is 0 Å². The summed E-state index contributed by atoms with van der Waals surface area (Å²) in [6, 6.07) is 4.13. The van der Waals surface area contributed by atoms with E-state index in [4.69, 9.17) is 0 Å². The zero-order chi connectivity index (χ0) is 27.7. The van der Waals surface area contributed by atoms with Crippen molar-refractivity contribution >= 4 is 21.8 Å². The van der Waals surface area contributed by atoms with Crippen LogP contribution in [0.3, 0.4) is 0 Å². The number of benzene rings is 1. The number of halogens is 3. The number of fused-ring (bicyclic) bond motifs is 3. The molecule has 0 saturated heterocycles. The molecular formula is C30H44F3N3O2. The third-order valence-electron chi connectivity index (χ3n) is 7.68. The molecule has 2 N–H and O–H groups in total. The molecule has 0 saturated carbocycles. The number of aromatic amines is 1. The highest BCUT2D eigenvalue weighted by molar-refractivity contribution is 6.09. The highest BCUT2D eigenvalue weighted by atomic mass is 19.4. The first kappa shape index (κ1) is 30.2. The number of aryl methyl sites for hydroxylation is 2. The lowest BCUT2D eigenvalue weighted by Gasteiger charge is -2.19. The molecule has 0 unspecified atom stereocenters. The van der Waals surface area contributed by atoms with Gasteiger partial charge < -0.3 is 14.7 Å². The van der Waals surface area contributed by atoms with E-state index in [9.17, 15) is 23.1 Å². The first-order chi connectivity index (χ1) is 18.2. The molecule has 0 radical (unpaired) electrons. The SMILES string of the molecule is CCCCCN(CO)CCCCCCCCCn1c(CC)c(C)c2c3c(C(F)(F)F)cc(=O)[nH]c3ccc21. The number of hydrogen-bond acceptors (Lipinski definition) is 3. The van der Waals surface area contributed by atoms with Crippen LogP contribution in [-0.2, 0) is 19.1 Å². The van der Waals surface area contributed by atoms with Gasteiger partial charge in [-0.2, -0.15) is 13.2 Å². The third kappa shape index (κ3) is 7.41. The van der Waals surface area contributed by atoms with Gasteiger partial charge in [0.1, 0.15) is 0 Å². The summed E-state index contributed by atoms with van der Waals surface area (Å²) in [5, 5.41) is 10.2. The van der Waals surface area contributed by atoms with Gasteiger partial charge in [-0.25, -0.2) is 0 Å². The maximum atomic E-state index is 13.9. The third-order valence-corrected chi connectivity index (χ3v) is 7.68. The van der Waals surface area contributed by atoms with Gasteiger partial charge in [0.15, 0.2) is 0 Å². The molecule has 0 spiro atoms. The van der Waals surface area contributed by atoms with Gasteiger partial charge in [-0.3, -0.25) is 9.69 Å². The van der Waals surface area contributed by atoms with E-state index in [-0.39, 0.29) is 17.6 Å². The van der Waals surface area contributed by atoms with Crippen LogP contribution in [0.25, 0.3) is 21.8 Å². The van der Waals surface area contributed by atoms with Crippen LogP contribution in [0.4, 0.5) is 13.2 Å². The van der Waals surface area contributed by atoms with Gasteiger partial charge in [0.2, 0.25) is 5.56 Å². The number of aliphatic hydroxyl groups excluding tert-OH is 1. The summed E-state index contributed by atoms with van der Waals surface area (Å²) in [4.78, 5) is 16.6. The number of hydrogen-bond donors (Lipinski definition) is 2. The minimum Gasteiger partial charge on any atom is -0.381 e. The second kappa shape index (κ2) is 14.2. The molecular weight excluding hydrogens is 491 g/mol. The van der Waals surface area contributed by atoms with Crippen molar-refractivity contribution in [2.75, 3.05) is 19.8 Å². The van der Waals surface area contributed by atoms with Crippen molar-refractivity contribution in [3.63, 3.8) is 0 Å². The van der Waals surface area contributed by atoms with Crippen LogP contribution >= 0.6 is 0 Å². The molecule has 1 aromatic carbocycles. The fourth-order valence-electron chi connectivity index (χ4n) is 5.71. The Kier molecular flexibility index (Phi) is 11.3. The van der Waals surface area contributed by atoms with E-state index in [2.05, 4.69) is 21.4 Å². The van der Waals surface area contributed by atoms with Crippen LogP contribution in [0, 0.1) is 6.92 Å². The van der Waals surface area contributed by atoms with Crippen LogP contribution in [0.1, 0.15) is 94.9 Å². The average Bonchev–Trinajstić information content (AvgIpc) is 3.16. The molecule has 3 rings (SSSR count). The van der Waals surface area contributed by atoms with Crippen molar-refractivity contribution in [3.8, 4) is 0 Å². The summed E-state index contributed by atoms with van der Waals surface area (Å²) in [7, 11) is 0. The Bertz CT molecular complexity index is 1230. The van der Waals surface area contributed by atoms with Crippen molar-refractivity contribution in [1.82, 2.24) is 14.5 Å². The lowest BCUT2D eigenvalue weighted by molar-refractivity contribution is -0.136. The largest absolute Gasteiger partial charge is 0.417 e. The first-order valence-electron chi connectivity index (χ1n) is 14.3.